The number of nitrogens with one attached hydrogen (secondary N) is 1. The molecule has 0 radical (unpaired) electrons. The molecule has 0 aromatic rings. The maximum Gasteiger partial charge on any atom is 0.224 e. The van der Waals surface area contributed by atoms with Crippen molar-refractivity contribution in [2.45, 2.75) is 25.9 Å². The average Bonchev–Trinajstić information content (AvgIpc) is 2.35. The zero-order valence-corrected chi connectivity index (χ0v) is 10.1. The van der Waals surface area contributed by atoms with Gasteiger partial charge in [0.25, 0.3) is 0 Å². The Hall–Kier alpha value is -1.14. The summed E-state index contributed by atoms with van der Waals surface area (Å²) in [5.41, 5.74) is 0. The monoisotopic (exact) mass is 244 g/mol. The number of carbonyl (C=O) groups excluding carboxylic acids is 2. The van der Waals surface area contributed by atoms with E-state index in [1.807, 2.05) is 0 Å². The van der Waals surface area contributed by atoms with Gasteiger partial charge in [-0.25, -0.2) is 0 Å². The Morgan fingerprint density at radius 2 is 2.24 bits per heavy atom. The fraction of sp³-hybridized carbons (Fsp3) is 0.818. The Bertz CT molecular complexity index is 283. The SMILES string of the molecule is CC(=O)N1CCCC(C(=O)NCC(O)CO)C1. The van der Waals surface area contributed by atoms with Crippen molar-refractivity contribution in [1.29, 1.82) is 0 Å². The Balaban J connectivity index is 2.38. The smallest absolute Gasteiger partial charge is 0.224 e. The van der Waals surface area contributed by atoms with Crippen LogP contribution < -0.4 is 5.32 Å². The Morgan fingerprint density at radius 3 is 2.82 bits per heavy atom. The van der Waals surface area contributed by atoms with Crippen molar-refractivity contribution in [2.24, 2.45) is 5.92 Å². The van der Waals surface area contributed by atoms with Crippen LogP contribution >= 0.6 is 0 Å². The van der Waals surface area contributed by atoms with Crippen LogP contribution in [-0.4, -0.2) is 59.3 Å². The molecule has 1 aliphatic heterocycles. The normalized spacial score (nSPS) is 22.1. The van der Waals surface area contributed by atoms with Gasteiger partial charge >= 0.3 is 0 Å². The molecule has 6 heteroatoms. The molecule has 0 aliphatic carbocycles. The van der Waals surface area contributed by atoms with Crippen LogP contribution in [0.15, 0.2) is 0 Å². The van der Waals surface area contributed by atoms with Crippen LogP contribution in [0.25, 0.3) is 0 Å². The second-order valence-corrected chi connectivity index (χ2v) is 4.39. The minimum Gasteiger partial charge on any atom is -0.394 e. The standard InChI is InChI=1S/C11H20N2O4/c1-8(15)13-4-2-3-9(6-13)11(17)12-5-10(16)7-14/h9-10,14,16H,2-7H2,1H3,(H,12,17). The molecule has 0 saturated carbocycles. The molecular formula is C11H20N2O4. The first-order chi connectivity index (χ1) is 8.04. The lowest BCUT2D eigenvalue weighted by Crippen LogP contribution is -2.46. The lowest BCUT2D eigenvalue weighted by atomic mass is 9.97. The fourth-order valence-electron chi connectivity index (χ4n) is 1.90. The molecule has 3 N–H and O–H groups in total. The summed E-state index contributed by atoms with van der Waals surface area (Å²) in [5.74, 6) is -0.389. The van der Waals surface area contributed by atoms with E-state index in [0.29, 0.717) is 13.1 Å². The van der Waals surface area contributed by atoms with E-state index in [9.17, 15) is 9.59 Å². The summed E-state index contributed by atoms with van der Waals surface area (Å²) in [6.07, 6.45) is 0.650. The van der Waals surface area contributed by atoms with Crippen molar-refractivity contribution in [3.8, 4) is 0 Å². The topological polar surface area (TPSA) is 89.9 Å². The van der Waals surface area contributed by atoms with Gasteiger partial charge in [-0.3, -0.25) is 9.59 Å². The van der Waals surface area contributed by atoms with Crippen LogP contribution in [0.2, 0.25) is 0 Å². The van der Waals surface area contributed by atoms with Crippen LogP contribution in [0.4, 0.5) is 0 Å². The van der Waals surface area contributed by atoms with E-state index in [-0.39, 0.29) is 30.9 Å². The molecule has 2 amide bonds. The second-order valence-electron chi connectivity index (χ2n) is 4.39. The number of likely N-dealkylation sites (tertiary alicyclic amines) is 1. The van der Waals surface area contributed by atoms with E-state index in [1.54, 1.807) is 4.90 Å². The maximum atomic E-state index is 11.7. The quantitative estimate of drug-likeness (QED) is 0.574. The highest BCUT2D eigenvalue weighted by Crippen LogP contribution is 2.16. The fourth-order valence-corrected chi connectivity index (χ4v) is 1.90. The first kappa shape index (κ1) is 13.9. The van der Waals surface area contributed by atoms with Crippen molar-refractivity contribution >= 4 is 11.8 Å². The molecule has 0 bridgehead atoms. The van der Waals surface area contributed by atoms with E-state index in [1.165, 1.54) is 6.92 Å². The molecular weight excluding hydrogens is 224 g/mol. The Morgan fingerprint density at radius 1 is 1.53 bits per heavy atom. The highest BCUT2D eigenvalue weighted by molar-refractivity contribution is 5.80. The number of carbonyl (C=O) groups is 2. The molecule has 17 heavy (non-hydrogen) atoms. The molecule has 1 saturated heterocycles. The molecule has 6 nitrogen and oxygen atoms in total. The van der Waals surface area contributed by atoms with Crippen molar-refractivity contribution < 1.29 is 19.8 Å². The summed E-state index contributed by atoms with van der Waals surface area (Å²) in [4.78, 5) is 24.6. The third kappa shape index (κ3) is 4.32. The molecule has 1 rings (SSSR count). The number of piperidine rings is 1. The molecule has 0 spiro atoms. The van der Waals surface area contributed by atoms with Gasteiger partial charge in [0.05, 0.1) is 18.6 Å². The number of amides is 2. The minimum absolute atomic E-state index is 0.0158. The number of aliphatic hydroxyl groups is 2. The van der Waals surface area contributed by atoms with Crippen LogP contribution in [0.3, 0.4) is 0 Å². The van der Waals surface area contributed by atoms with Gasteiger partial charge in [0.15, 0.2) is 0 Å². The van der Waals surface area contributed by atoms with E-state index in [2.05, 4.69) is 5.32 Å². The average molecular weight is 244 g/mol. The zero-order chi connectivity index (χ0) is 12.8. The molecule has 0 aromatic heterocycles. The number of rotatable bonds is 4. The van der Waals surface area contributed by atoms with Crippen molar-refractivity contribution in [1.82, 2.24) is 10.2 Å². The van der Waals surface area contributed by atoms with Crippen LogP contribution in [-0.2, 0) is 9.59 Å². The Labute approximate surface area is 101 Å². The van der Waals surface area contributed by atoms with Gasteiger partial charge in [0, 0.05) is 26.6 Å². The summed E-state index contributed by atoms with van der Waals surface area (Å²) >= 11 is 0. The van der Waals surface area contributed by atoms with Crippen molar-refractivity contribution in [2.75, 3.05) is 26.2 Å². The largest absolute Gasteiger partial charge is 0.394 e. The predicted octanol–water partition coefficient (Wildman–Crippen LogP) is -1.29. The van der Waals surface area contributed by atoms with Crippen molar-refractivity contribution in [3.05, 3.63) is 0 Å². The lowest BCUT2D eigenvalue weighted by Gasteiger charge is -2.31. The summed E-state index contributed by atoms with van der Waals surface area (Å²) in [6, 6.07) is 0. The summed E-state index contributed by atoms with van der Waals surface area (Å²) in [6.45, 7) is 2.32. The van der Waals surface area contributed by atoms with Crippen LogP contribution in [0, 0.1) is 5.92 Å². The van der Waals surface area contributed by atoms with Gasteiger partial charge in [-0.2, -0.15) is 0 Å². The third-order valence-electron chi connectivity index (χ3n) is 2.96. The van der Waals surface area contributed by atoms with E-state index in [0.717, 1.165) is 12.8 Å². The second kappa shape index (κ2) is 6.56. The number of nitrogens with zero attached hydrogens (tertiary/aromatic N) is 1. The van der Waals surface area contributed by atoms with Gasteiger partial charge in [0.2, 0.25) is 11.8 Å². The van der Waals surface area contributed by atoms with E-state index >= 15 is 0 Å². The predicted molar refractivity (Wildman–Crippen MR) is 61.1 cm³/mol. The van der Waals surface area contributed by atoms with Crippen LogP contribution in [0.5, 0.6) is 0 Å². The molecule has 1 aliphatic rings. The van der Waals surface area contributed by atoms with Gasteiger partial charge in [0.1, 0.15) is 0 Å². The van der Waals surface area contributed by atoms with Crippen LogP contribution in [0.1, 0.15) is 19.8 Å². The first-order valence-electron chi connectivity index (χ1n) is 5.86. The van der Waals surface area contributed by atoms with E-state index < -0.39 is 6.10 Å². The van der Waals surface area contributed by atoms with Gasteiger partial charge < -0.3 is 20.4 Å². The molecule has 98 valence electrons. The van der Waals surface area contributed by atoms with Gasteiger partial charge in [-0.1, -0.05) is 0 Å². The van der Waals surface area contributed by atoms with Gasteiger partial charge in [-0.15, -0.1) is 0 Å². The maximum absolute atomic E-state index is 11.7. The molecule has 1 heterocycles. The number of aliphatic hydroxyl groups excluding tert-OH is 2. The first-order valence-corrected chi connectivity index (χ1v) is 5.86. The molecule has 0 aromatic carbocycles. The molecule has 2 unspecified atom stereocenters. The summed E-state index contributed by atoms with van der Waals surface area (Å²) in [5, 5.41) is 20.3. The Kier molecular flexibility index (Phi) is 5.37. The summed E-state index contributed by atoms with van der Waals surface area (Å²) in [7, 11) is 0. The highest BCUT2D eigenvalue weighted by Gasteiger charge is 2.26. The van der Waals surface area contributed by atoms with Crippen molar-refractivity contribution in [3.63, 3.8) is 0 Å². The lowest BCUT2D eigenvalue weighted by molar-refractivity contribution is -0.134. The molecule has 2 atom stereocenters. The number of hydrogen-bond acceptors (Lipinski definition) is 4. The highest BCUT2D eigenvalue weighted by atomic mass is 16.3. The number of hydrogen-bond donors (Lipinski definition) is 3. The minimum atomic E-state index is -0.925. The zero-order valence-electron chi connectivity index (χ0n) is 10.1. The van der Waals surface area contributed by atoms with E-state index in [4.69, 9.17) is 10.2 Å². The molecule has 1 fully saturated rings. The third-order valence-corrected chi connectivity index (χ3v) is 2.96. The summed E-state index contributed by atoms with van der Waals surface area (Å²) < 4.78 is 0. The van der Waals surface area contributed by atoms with Gasteiger partial charge in [-0.05, 0) is 12.8 Å².